The van der Waals surface area contributed by atoms with Crippen LogP contribution in [0, 0.1) is 0 Å². The highest BCUT2D eigenvalue weighted by molar-refractivity contribution is 5.88. The highest BCUT2D eigenvalue weighted by Crippen LogP contribution is 2.32. The van der Waals surface area contributed by atoms with Crippen LogP contribution in [0.4, 0.5) is 0 Å². The van der Waals surface area contributed by atoms with Crippen LogP contribution in [0.2, 0.25) is 0 Å². The third-order valence-electron chi connectivity index (χ3n) is 5.56. The number of carbonyl (C=O) groups excluding carboxylic acids is 2. The van der Waals surface area contributed by atoms with E-state index in [-0.39, 0.29) is 18.2 Å². The summed E-state index contributed by atoms with van der Waals surface area (Å²) in [5.41, 5.74) is 0.917. The molecule has 0 bridgehead atoms. The Kier molecular flexibility index (Phi) is 7.88. The van der Waals surface area contributed by atoms with Gasteiger partial charge in [-0.05, 0) is 19.1 Å². The number of hydrogen-bond donors (Lipinski definition) is 1. The Morgan fingerprint density at radius 1 is 1.29 bits per heavy atom. The van der Waals surface area contributed by atoms with Crippen LogP contribution in [0.1, 0.15) is 18.9 Å². The van der Waals surface area contributed by atoms with Crippen LogP contribution in [0.25, 0.3) is 0 Å². The highest BCUT2D eigenvalue weighted by Gasteiger charge is 2.33. The lowest BCUT2D eigenvalue weighted by Crippen LogP contribution is -2.56. The minimum Gasteiger partial charge on any atom is -0.493 e. The monoisotopic (exact) mass is 429 g/mol. The lowest BCUT2D eigenvalue weighted by molar-refractivity contribution is -0.139. The smallest absolute Gasteiger partial charge is 0.237 e. The summed E-state index contributed by atoms with van der Waals surface area (Å²) in [5.74, 6) is 1.13. The second-order valence-electron chi connectivity index (χ2n) is 7.38. The first-order chi connectivity index (χ1) is 15.1. The normalized spacial score (nSPS) is 16.6. The molecule has 0 unspecified atom stereocenters. The largest absolute Gasteiger partial charge is 0.493 e. The number of carbonyl (C=O) groups is 2. The van der Waals surface area contributed by atoms with Gasteiger partial charge in [-0.1, -0.05) is 12.1 Å². The topological polar surface area (TPSA) is 88.9 Å². The summed E-state index contributed by atoms with van der Waals surface area (Å²) in [6, 6.07) is 7.01. The predicted molar refractivity (Wildman–Crippen MR) is 116 cm³/mol. The quantitative estimate of drug-likeness (QED) is 0.609. The molecule has 0 spiro atoms. The molecule has 0 radical (unpaired) electrons. The number of piperazine rings is 1. The van der Waals surface area contributed by atoms with Gasteiger partial charge in [0.2, 0.25) is 11.8 Å². The number of benzene rings is 1. The minimum absolute atomic E-state index is 0.0423. The van der Waals surface area contributed by atoms with Crippen molar-refractivity contribution in [1.82, 2.24) is 24.9 Å². The maximum Gasteiger partial charge on any atom is 0.237 e. The van der Waals surface area contributed by atoms with Gasteiger partial charge in [0.1, 0.15) is 0 Å². The number of methoxy groups -OCH3 is 2. The standard InChI is InChI=1S/C22H31N5O4/c1-4-25(13-14-27-11-6-9-24-27)20(28)15-18-22(29)23-10-12-26(18)16-17-7-5-8-19(30-2)21(17)31-3/h5-9,11,18H,4,10,12-16H2,1-3H3,(H,23,29)/t18-/m0/s1. The molecule has 1 aromatic carbocycles. The van der Waals surface area contributed by atoms with Gasteiger partial charge >= 0.3 is 0 Å². The first kappa shape index (κ1) is 22.6. The summed E-state index contributed by atoms with van der Waals surface area (Å²) in [6.45, 7) is 5.39. The number of hydrogen-bond acceptors (Lipinski definition) is 6. The Morgan fingerprint density at radius 2 is 2.13 bits per heavy atom. The Labute approximate surface area is 182 Å². The SMILES string of the molecule is CCN(CCn1cccn1)C(=O)C[C@H]1C(=O)NCCN1Cc1cccc(OC)c1OC. The molecular weight excluding hydrogens is 398 g/mol. The van der Waals surface area contributed by atoms with Gasteiger partial charge in [0, 0.05) is 50.7 Å². The lowest BCUT2D eigenvalue weighted by atomic mass is 10.1. The Balaban J connectivity index is 1.70. The maximum absolute atomic E-state index is 13.0. The molecule has 0 saturated carbocycles. The third kappa shape index (κ3) is 5.55. The Bertz CT molecular complexity index is 871. The lowest BCUT2D eigenvalue weighted by Gasteiger charge is -2.36. The minimum atomic E-state index is -0.532. The molecule has 1 fully saturated rings. The first-order valence-electron chi connectivity index (χ1n) is 10.5. The fourth-order valence-corrected chi connectivity index (χ4v) is 3.88. The summed E-state index contributed by atoms with van der Waals surface area (Å²) in [6.07, 6.45) is 3.72. The van der Waals surface area contributed by atoms with E-state index in [2.05, 4.69) is 10.4 Å². The molecular formula is C22H31N5O4. The summed E-state index contributed by atoms with van der Waals surface area (Å²) in [7, 11) is 3.20. The van der Waals surface area contributed by atoms with Crippen molar-refractivity contribution in [3.05, 3.63) is 42.2 Å². The fraction of sp³-hybridized carbons (Fsp3) is 0.500. The van der Waals surface area contributed by atoms with Crippen molar-refractivity contribution in [2.45, 2.75) is 32.5 Å². The summed E-state index contributed by atoms with van der Waals surface area (Å²) in [4.78, 5) is 29.5. The van der Waals surface area contributed by atoms with Gasteiger partial charge in [-0.15, -0.1) is 0 Å². The number of amides is 2. The van der Waals surface area contributed by atoms with Crippen molar-refractivity contribution in [1.29, 1.82) is 0 Å². The van der Waals surface area contributed by atoms with Crippen molar-refractivity contribution in [2.24, 2.45) is 0 Å². The molecule has 3 rings (SSSR count). The molecule has 1 aliphatic heterocycles. The molecule has 9 heteroatoms. The molecule has 168 valence electrons. The number of aromatic nitrogens is 2. The van der Waals surface area contributed by atoms with Gasteiger partial charge in [-0.2, -0.15) is 5.10 Å². The number of nitrogens with one attached hydrogen (secondary N) is 1. The van der Waals surface area contributed by atoms with Gasteiger partial charge in [0.05, 0.1) is 33.2 Å². The second kappa shape index (κ2) is 10.8. The van der Waals surface area contributed by atoms with Gasteiger partial charge in [-0.25, -0.2) is 0 Å². The van der Waals surface area contributed by atoms with Crippen LogP contribution >= 0.6 is 0 Å². The highest BCUT2D eigenvalue weighted by atomic mass is 16.5. The van der Waals surface area contributed by atoms with E-state index in [0.717, 1.165) is 5.56 Å². The van der Waals surface area contributed by atoms with Crippen LogP contribution in [0.3, 0.4) is 0 Å². The molecule has 1 aliphatic rings. The molecule has 1 aromatic heterocycles. The molecule has 2 amide bonds. The predicted octanol–water partition coefficient (Wildman–Crippen LogP) is 1.14. The third-order valence-corrected chi connectivity index (χ3v) is 5.56. The summed E-state index contributed by atoms with van der Waals surface area (Å²) in [5, 5.41) is 7.08. The summed E-state index contributed by atoms with van der Waals surface area (Å²) >= 11 is 0. The molecule has 0 aliphatic carbocycles. The number of ether oxygens (including phenoxy) is 2. The van der Waals surface area contributed by atoms with E-state index in [4.69, 9.17) is 9.47 Å². The van der Waals surface area contributed by atoms with E-state index in [1.807, 2.05) is 42.3 Å². The van der Waals surface area contributed by atoms with Gasteiger partial charge in [0.25, 0.3) is 0 Å². The molecule has 1 saturated heterocycles. The Hall–Kier alpha value is -3.07. The first-order valence-corrected chi connectivity index (χ1v) is 10.5. The number of likely N-dealkylation sites (N-methyl/N-ethyl adjacent to an activating group) is 1. The molecule has 2 heterocycles. The number of nitrogens with zero attached hydrogens (tertiary/aromatic N) is 4. The van der Waals surface area contributed by atoms with Crippen LogP contribution < -0.4 is 14.8 Å². The van der Waals surface area contributed by atoms with E-state index >= 15 is 0 Å². The van der Waals surface area contributed by atoms with E-state index in [9.17, 15) is 9.59 Å². The van der Waals surface area contributed by atoms with Gasteiger partial charge in [-0.3, -0.25) is 19.2 Å². The molecule has 1 atom stereocenters. The molecule has 31 heavy (non-hydrogen) atoms. The van der Waals surface area contributed by atoms with E-state index < -0.39 is 6.04 Å². The molecule has 9 nitrogen and oxygen atoms in total. The average Bonchev–Trinajstić information content (AvgIpc) is 3.30. The van der Waals surface area contributed by atoms with Crippen molar-refractivity contribution in [3.63, 3.8) is 0 Å². The zero-order chi connectivity index (χ0) is 22.2. The summed E-state index contributed by atoms with van der Waals surface area (Å²) < 4.78 is 12.7. The van der Waals surface area contributed by atoms with E-state index in [0.29, 0.717) is 50.8 Å². The van der Waals surface area contributed by atoms with Crippen LogP contribution in [-0.4, -0.2) is 77.8 Å². The molecule has 2 aromatic rings. The zero-order valence-corrected chi connectivity index (χ0v) is 18.4. The van der Waals surface area contributed by atoms with Crippen molar-refractivity contribution in [2.75, 3.05) is 40.4 Å². The Morgan fingerprint density at radius 3 is 2.81 bits per heavy atom. The van der Waals surface area contributed by atoms with Crippen LogP contribution in [-0.2, 0) is 22.7 Å². The second-order valence-corrected chi connectivity index (χ2v) is 7.38. The van der Waals surface area contributed by atoms with Crippen LogP contribution in [0.5, 0.6) is 11.5 Å². The van der Waals surface area contributed by atoms with Crippen molar-refractivity contribution >= 4 is 11.8 Å². The van der Waals surface area contributed by atoms with Crippen molar-refractivity contribution < 1.29 is 19.1 Å². The van der Waals surface area contributed by atoms with E-state index in [1.165, 1.54) is 0 Å². The molecule has 1 N–H and O–H groups in total. The fourth-order valence-electron chi connectivity index (χ4n) is 3.88. The van der Waals surface area contributed by atoms with E-state index in [1.54, 1.807) is 30.0 Å². The number of rotatable bonds is 10. The average molecular weight is 430 g/mol. The maximum atomic E-state index is 13.0. The van der Waals surface area contributed by atoms with Crippen molar-refractivity contribution in [3.8, 4) is 11.5 Å². The number of para-hydroxylation sites is 1. The van der Waals surface area contributed by atoms with Gasteiger partial charge < -0.3 is 19.7 Å². The van der Waals surface area contributed by atoms with Gasteiger partial charge in [0.15, 0.2) is 11.5 Å². The van der Waals surface area contributed by atoms with Crippen LogP contribution in [0.15, 0.2) is 36.7 Å². The zero-order valence-electron chi connectivity index (χ0n) is 18.4.